The van der Waals surface area contributed by atoms with Crippen molar-refractivity contribution in [1.29, 1.82) is 0 Å². The minimum Gasteiger partial charge on any atom is -0.245 e. The molecule has 0 saturated carbocycles. The van der Waals surface area contributed by atoms with Gasteiger partial charge in [0, 0.05) is 22.4 Å². The molecule has 0 fully saturated rings. The monoisotopic (exact) mass is 432 g/mol. The molecule has 0 bridgehead atoms. The zero-order valence-corrected chi connectivity index (χ0v) is 15.5. The van der Waals surface area contributed by atoms with Gasteiger partial charge < -0.3 is 0 Å². The van der Waals surface area contributed by atoms with Crippen LogP contribution in [0.2, 0.25) is 0 Å². The molecule has 0 heterocycles. The maximum absolute atomic E-state index is 7.33. The van der Waals surface area contributed by atoms with Gasteiger partial charge in [0.15, 0.2) is 4.90 Å². The van der Waals surface area contributed by atoms with E-state index in [4.69, 9.17) is 10.4 Å². The smallest absolute Gasteiger partial charge is 0.241 e. The predicted octanol–water partition coefficient (Wildman–Crippen LogP) is 2.65. The quantitative estimate of drug-likeness (QED) is 0.219. The van der Waals surface area contributed by atoms with E-state index in [9.17, 15) is 0 Å². The Morgan fingerprint density at radius 3 is 1.00 bits per heavy atom. The van der Waals surface area contributed by atoms with Crippen molar-refractivity contribution >= 4 is 30.6 Å². The Labute approximate surface area is 159 Å². The summed E-state index contributed by atoms with van der Waals surface area (Å²) in [6.45, 7) is 2.58. The molecule has 0 unspecified atom stereocenters. The van der Waals surface area contributed by atoms with E-state index in [1.54, 1.807) is 0 Å². The van der Waals surface area contributed by atoms with Crippen LogP contribution >= 0.6 is 7.92 Å². The minimum absolute atomic E-state index is 0. The molecule has 0 aromatic heterocycles. The standard InChI is InChI=1S/C18H15P.CH4NO2.Ag/c1-4-10-16(11-5-1)19(17-12-6-2-7-13-17)18-14-8-3-9-15-18;1-2(3)4;/h1-15H;3-4H,1H2;/q;+1;/p+1. The fourth-order valence-corrected chi connectivity index (χ4v) is 4.89. The van der Waals surface area contributed by atoms with E-state index < -0.39 is 7.92 Å². The fraction of sp³-hybridized carbons (Fsp3) is 0. The number of benzene rings is 3. The second-order valence-corrected chi connectivity index (χ2v) is 7.33. The van der Waals surface area contributed by atoms with Gasteiger partial charge in [0.1, 0.15) is 15.9 Å². The second-order valence-electron chi connectivity index (χ2n) is 4.85. The van der Waals surface area contributed by atoms with Gasteiger partial charge >= 0.3 is 0 Å². The summed E-state index contributed by atoms with van der Waals surface area (Å²) in [5, 5.41) is 19.0. The zero-order valence-electron chi connectivity index (χ0n) is 13.0. The molecular formula is C19H20AgNO2P+2. The molecule has 0 spiro atoms. The molecule has 127 valence electrons. The SMILES string of the molecule is C=[N+](O)O.[Ag].c1ccc([PH+](c2ccccc2)c2ccccc2)cc1. The van der Waals surface area contributed by atoms with Crippen molar-refractivity contribution in [2.45, 2.75) is 0 Å². The molecule has 3 nitrogen and oxygen atoms in total. The normalized spacial score (nSPS) is 9.38. The molecule has 3 rings (SSSR count). The largest absolute Gasteiger partial charge is 0.245 e. The van der Waals surface area contributed by atoms with Gasteiger partial charge in [0.2, 0.25) is 6.72 Å². The molecule has 1 radical (unpaired) electrons. The van der Waals surface area contributed by atoms with E-state index in [0.29, 0.717) is 0 Å². The summed E-state index contributed by atoms with van der Waals surface area (Å²) in [6, 6.07) is 32.5. The molecule has 3 aromatic carbocycles. The number of nitrogens with zero attached hydrogens (tertiary/aromatic N) is 1. The van der Waals surface area contributed by atoms with Crippen molar-refractivity contribution in [2.75, 3.05) is 0 Å². The Morgan fingerprint density at radius 1 is 0.583 bits per heavy atom. The number of hydrogen-bond donors (Lipinski definition) is 2. The van der Waals surface area contributed by atoms with Crippen LogP contribution in [-0.2, 0) is 22.4 Å². The Bertz CT molecular complexity index is 626. The van der Waals surface area contributed by atoms with Gasteiger partial charge in [-0.3, -0.25) is 0 Å². The molecule has 0 atom stereocenters. The number of hydrogen-bond acceptors (Lipinski definition) is 2. The van der Waals surface area contributed by atoms with Crippen LogP contribution in [0.4, 0.5) is 0 Å². The molecule has 0 amide bonds. The summed E-state index contributed by atoms with van der Waals surface area (Å²) >= 11 is 0. The maximum atomic E-state index is 7.33. The Kier molecular flexibility index (Phi) is 9.06. The van der Waals surface area contributed by atoms with Crippen LogP contribution in [0.1, 0.15) is 0 Å². The van der Waals surface area contributed by atoms with Crippen LogP contribution in [0, 0.1) is 0 Å². The first kappa shape index (κ1) is 20.1. The molecular weight excluding hydrogens is 413 g/mol. The first-order chi connectivity index (χ1) is 11.2. The van der Waals surface area contributed by atoms with Crippen LogP contribution in [0.15, 0.2) is 91.0 Å². The van der Waals surface area contributed by atoms with Crippen molar-refractivity contribution in [3.8, 4) is 0 Å². The Morgan fingerprint density at radius 2 is 0.792 bits per heavy atom. The molecule has 2 N–H and O–H groups in total. The summed E-state index contributed by atoms with van der Waals surface area (Å²) < 4.78 is 0. The van der Waals surface area contributed by atoms with Gasteiger partial charge in [-0.15, -0.1) is 0 Å². The topological polar surface area (TPSA) is 43.5 Å². The van der Waals surface area contributed by atoms with E-state index >= 15 is 0 Å². The molecule has 0 saturated heterocycles. The third-order valence-electron chi connectivity index (χ3n) is 3.19. The van der Waals surface area contributed by atoms with Gasteiger partial charge in [-0.05, 0) is 36.4 Å². The predicted molar refractivity (Wildman–Crippen MR) is 97.5 cm³/mol. The molecule has 3 aromatic rings. The second kappa shape index (κ2) is 10.8. The van der Waals surface area contributed by atoms with Gasteiger partial charge in [0.05, 0.1) is 7.92 Å². The Hall–Kier alpha value is -1.90. The van der Waals surface area contributed by atoms with Crippen LogP contribution < -0.4 is 15.9 Å². The summed E-state index contributed by atoms with van der Waals surface area (Å²) in [6.07, 6.45) is 0. The average molecular weight is 433 g/mol. The summed E-state index contributed by atoms with van der Waals surface area (Å²) in [5.74, 6) is 0. The fourth-order valence-electron chi connectivity index (χ4n) is 2.31. The van der Waals surface area contributed by atoms with E-state index in [2.05, 4.69) is 97.7 Å². The average Bonchev–Trinajstić information content (AvgIpc) is 2.58. The van der Waals surface area contributed by atoms with Crippen molar-refractivity contribution in [1.82, 2.24) is 0 Å². The first-order valence-corrected chi connectivity index (χ1v) is 8.70. The zero-order chi connectivity index (χ0) is 16.5. The van der Waals surface area contributed by atoms with E-state index in [1.165, 1.54) is 15.9 Å². The van der Waals surface area contributed by atoms with E-state index in [0.717, 1.165) is 0 Å². The summed E-state index contributed by atoms with van der Waals surface area (Å²) in [4.78, 5) is -0.250. The van der Waals surface area contributed by atoms with Crippen molar-refractivity contribution in [3.63, 3.8) is 0 Å². The number of rotatable bonds is 3. The molecule has 0 aliphatic carbocycles. The van der Waals surface area contributed by atoms with Gasteiger partial charge in [0.25, 0.3) is 0 Å². The van der Waals surface area contributed by atoms with Gasteiger partial charge in [-0.25, -0.2) is 10.4 Å². The van der Waals surface area contributed by atoms with Gasteiger partial charge in [-0.2, -0.15) is 0 Å². The van der Waals surface area contributed by atoms with Crippen molar-refractivity contribution in [3.05, 3.63) is 91.0 Å². The minimum atomic E-state index is -0.877. The molecule has 24 heavy (non-hydrogen) atoms. The molecule has 0 aliphatic rings. The van der Waals surface area contributed by atoms with Crippen LogP contribution in [0.3, 0.4) is 0 Å². The third kappa shape index (κ3) is 6.31. The third-order valence-corrected chi connectivity index (χ3v) is 5.92. The van der Waals surface area contributed by atoms with E-state index in [-0.39, 0.29) is 27.3 Å². The summed E-state index contributed by atoms with van der Waals surface area (Å²) in [7, 11) is -0.877. The molecule has 5 heteroatoms. The first-order valence-electron chi connectivity index (χ1n) is 7.20. The molecule has 0 aliphatic heterocycles. The summed E-state index contributed by atoms with van der Waals surface area (Å²) in [5.41, 5.74) is 0. The van der Waals surface area contributed by atoms with Crippen LogP contribution in [0.25, 0.3) is 0 Å². The van der Waals surface area contributed by atoms with Gasteiger partial charge in [-0.1, -0.05) is 54.6 Å². The van der Waals surface area contributed by atoms with Crippen molar-refractivity contribution in [2.24, 2.45) is 0 Å². The maximum Gasteiger partial charge on any atom is 0.241 e. The van der Waals surface area contributed by atoms with E-state index in [1.807, 2.05) is 0 Å². The van der Waals surface area contributed by atoms with Crippen molar-refractivity contribution < 1.29 is 37.7 Å². The Balaban J connectivity index is 0.000000522. The van der Waals surface area contributed by atoms with Crippen LogP contribution in [0.5, 0.6) is 0 Å². The van der Waals surface area contributed by atoms with Crippen LogP contribution in [-0.4, -0.2) is 22.0 Å².